The topological polar surface area (TPSA) is 44.4 Å². The summed E-state index contributed by atoms with van der Waals surface area (Å²) in [6.07, 6.45) is 1.11. The standard InChI is InChI=1S/C17H29N3O/c1-4-12-18-13-14-19-17(21)16(20(5-2)6-3)15-10-8-7-9-11-15/h7-11,16,18H,4-6,12-14H2,1-3H3,(H,19,21). The quantitative estimate of drug-likeness (QED) is 0.650. The van der Waals surface area contributed by atoms with Crippen LogP contribution in [0.4, 0.5) is 0 Å². The van der Waals surface area contributed by atoms with Crippen LogP contribution in [0.5, 0.6) is 0 Å². The molecule has 1 rings (SSSR count). The Kier molecular flexibility index (Phi) is 8.71. The lowest BCUT2D eigenvalue weighted by Gasteiger charge is -2.29. The molecule has 0 spiro atoms. The van der Waals surface area contributed by atoms with Gasteiger partial charge in [0.2, 0.25) is 5.91 Å². The van der Waals surface area contributed by atoms with E-state index in [9.17, 15) is 4.79 Å². The van der Waals surface area contributed by atoms with Crippen molar-refractivity contribution in [2.45, 2.75) is 33.2 Å². The summed E-state index contributed by atoms with van der Waals surface area (Å²) in [5, 5.41) is 6.34. The molecule has 1 aromatic rings. The highest BCUT2D eigenvalue weighted by Gasteiger charge is 2.25. The summed E-state index contributed by atoms with van der Waals surface area (Å²) in [6, 6.07) is 9.81. The van der Waals surface area contributed by atoms with E-state index in [1.807, 2.05) is 30.3 Å². The third-order valence-electron chi connectivity index (χ3n) is 3.57. The van der Waals surface area contributed by atoms with Gasteiger partial charge in [0.05, 0.1) is 0 Å². The van der Waals surface area contributed by atoms with Gasteiger partial charge in [0.25, 0.3) is 0 Å². The van der Waals surface area contributed by atoms with Crippen molar-refractivity contribution in [3.8, 4) is 0 Å². The largest absolute Gasteiger partial charge is 0.353 e. The Balaban J connectivity index is 2.66. The van der Waals surface area contributed by atoms with Crippen molar-refractivity contribution in [1.29, 1.82) is 0 Å². The van der Waals surface area contributed by atoms with E-state index in [-0.39, 0.29) is 11.9 Å². The first-order valence-corrected chi connectivity index (χ1v) is 8.01. The van der Waals surface area contributed by atoms with E-state index in [2.05, 4.69) is 36.3 Å². The Morgan fingerprint density at radius 1 is 1.05 bits per heavy atom. The number of hydrogen-bond donors (Lipinski definition) is 2. The second kappa shape index (κ2) is 10.4. The summed E-state index contributed by atoms with van der Waals surface area (Å²) >= 11 is 0. The van der Waals surface area contributed by atoms with Crippen LogP contribution in [-0.2, 0) is 4.79 Å². The van der Waals surface area contributed by atoms with Gasteiger partial charge in [-0.2, -0.15) is 0 Å². The van der Waals surface area contributed by atoms with Crippen molar-refractivity contribution in [3.05, 3.63) is 35.9 Å². The van der Waals surface area contributed by atoms with Crippen LogP contribution in [-0.4, -0.2) is 43.5 Å². The monoisotopic (exact) mass is 291 g/mol. The minimum atomic E-state index is -0.202. The lowest BCUT2D eigenvalue weighted by Crippen LogP contribution is -2.42. The van der Waals surface area contributed by atoms with Gasteiger partial charge in [0.15, 0.2) is 0 Å². The van der Waals surface area contributed by atoms with Crippen LogP contribution in [0.15, 0.2) is 30.3 Å². The summed E-state index contributed by atoms with van der Waals surface area (Å²) < 4.78 is 0. The van der Waals surface area contributed by atoms with Gasteiger partial charge in [0, 0.05) is 13.1 Å². The minimum absolute atomic E-state index is 0.0863. The first-order chi connectivity index (χ1) is 10.2. The van der Waals surface area contributed by atoms with Crippen LogP contribution in [0.1, 0.15) is 38.8 Å². The highest BCUT2D eigenvalue weighted by Crippen LogP contribution is 2.20. The molecule has 4 nitrogen and oxygen atoms in total. The number of carbonyl (C=O) groups is 1. The molecule has 0 fully saturated rings. The lowest BCUT2D eigenvalue weighted by molar-refractivity contribution is -0.126. The van der Waals surface area contributed by atoms with Crippen molar-refractivity contribution < 1.29 is 4.79 Å². The fourth-order valence-corrected chi connectivity index (χ4v) is 2.42. The predicted octanol–water partition coefficient (Wildman–Crippen LogP) is 2.19. The molecule has 1 unspecified atom stereocenters. The van der Waals surface area contributed by atoms with Gasteiger partial charge in [-0.3, -0.25) is 9.69 Å². The van der Waals surface area contributed by atoms with Crippen LogP contribution < -0.4 is 10.6 Å². The summed E-state index contributed by atoms with van der Waals surface area (Å²) in [7, 11) is 0. The number of likely N-dealkylation sites (N-methyl/N-ethyl adjacent to an activating group) is 1. The van der Waals surface area contributed by atoms with Crippen molar-refractivity contribution in [3.63, 3.8) is 0 Å². The number of nitrogens with zero attached hydrogens (tertiary/aromatic N) is 1. The molecule has 0 saturated carbocycles. The molecule has 1 amide bonds. The summed E-state index contributed by atoms with van der Waals surface area (Å²) in [5.74, 6) is 0.0863. The third-order valence-corrected chi connectivity index (χ3v) is 3.57. The van der Waals surface area contributed by atoms with Gasteiger partial charge >= 0.3 is 0 Å². The summed E-state index contributed by atoms with van der Waals surface area (Å²) in [5.41, 5.74) is 1.06. The molecule has 118 valence electrons. The van der Waals surface area contributed by atoms with Crippen LogP contribution in [0.2, 0.25) is 0 Å². The number of nitrogens with one attached hydrogen (secondary N) is 2. The number of amides is 1. The predicted molar refractivity (Wildman–Crippen MR) is 88.3 cm³/mol. The van der Waals surface area contributed by atoms with E-state index in [1.54, 1.807) is 0 Å². The average molecular weight is 291 g/mol. The van der Waals surface area contributed by atoms with E-state index in [0.29, 0.717) is 6.54 Å². The number of rotatable bonds is 10. The lowest BCUT2D eigenvalue weighted by atomic mass is 10.0. The molecule has 0 aliphatic carbocycles. The van der Waals surface area contributed by atoms with E-state index < -0.39 is 0 Å². The zero-order valence-corrected chi connectivity index (χ0v) is 13.6. The maximum absolute atomic E-state index is 12.6. The molecule has 0 aliphatic heterocycles. The van der Waals surface area contributed by atoms with Gasteiger partial charge < -0.3 is 10.6 Å². The molecule has 2 N–H and O–H groups in total. The fraction of sp³-hybridized carbons (Fsp3) is 0.588. The Hall–Kier alpha value is -1.39. The molecular formula is C17H29N3O. The molecule has 4 heteroatoms. The third kappa shape index (κ3) is 5.86. The van der Waals surface area contributed by atoms with E-state index in [4.69, 9.17) is 0 Å². The van der Waals surface area contributed by atoms with E-state index >= 15 is 0 Å². The highest BCUT2D eigenvalue weighted by molar-refractivity contribution is 5.83. The van der Waals surface area contributed by atoms with Crippen molar-refractivity contribution >= 4 is 5.91 Å². The molecule has 0 aromatic heterocycles. The molecular weight excluding hydrogens is 262 g/mol. The summed E-state index contributed by atoms with van der Waals surface area (Å²) in [6.45, 7) is 10.5. The SMILES string of the molecule is CCCNCCNC(=O)C(c1ccccc1)N(CC)CC. The van der Waals surface area contributed by atoms with Crippen LogP contribution >= 0.6 is 0 Å². The van der Waals surface area contributed by atoms with Gasteiger partial charge in [-0.1, -0.05) is 51.1 Å². The second-order valence-electron chi connectivity index (χ2n) is 5.08. The average Bonchev–Trinajstić information content (AvgIpc) is 2.52. The molecule has 0 radical (unpaired) electrons. The zero-order valence-electron chi connectivity index (χ0n) is 13.6. The van der Waals surface area contributed by atoms with Crippen molar-refractivity contribution in [2.24, 2.45) is 0 Å². The van der Waals surface area contributed by atoms with Crippen molar-refractivity contribution in [2.75, 3.05) is 32.7 Å². The molecule has 0 aliphatic rings. The molecule has 21 heavy (non-hydrogen) atoms. The summed E-state index contributed by atoms with van der Waals surface area (Å²) in [4.78, 5) is 14.7. The Morgan fingerprint density at radius 3 is 2.29 bits per heavy atom. The fourth-order valence-electron chi connectivity index (χ4n) is 2.42. The van der Waals surface area contributed by atoms with Crippen molar-refractivity contribution in [1.82, 2.24) is 15.5 Å². The molecule has 0 saturated heterocycles. The first-order valence-electron chi connectivity index (χ1n) is 8.01. The Bertz CT molecular complexity index is 390. The van der Waals surface area contributed by atoms with E-state index in [0.717, 1.165) is 38.2 Å². The van der Waals surface area contributed by atoms with Gasteiger partial charge in [-0.25, -0.2) is 0 Å². The Morgan fingerprint density at radius 2 is 1.71 bits per heavy atom. The van der Waals surface area contributed by atoms with Crippen LogP contribution in [0.3, 0.4) is 0 Å². The maximum atomic E-state index is 12.6. The number of hydrogen-bond acceptors (Lipinski definition) is 3. The van der Waals surface area contributed by atoms with E-state index in [1.165, 1.54) is 0 Å². The number of carbonyl (C=O) groups excluding carboxylic acids is 1. The normalized spacial score (nSPS) is 12.4. The molecule has 1 atom stereocenters. The zero-order chi connectivity index (χ0) is 15.5. The van der Waals surface area contributed by atoms with Gasteiger partial charge in [0.1, 0.15) is 6.04 Å². The van der Waals surface area contributed by atoms with Gasteiger partial charge in [-0.15, -0.1) is 0 Å². The van der Waals surface area contributed by atoms with Gasteiger partial charge in [-0.05, 0) is 31.6 Å². The van der Waals surface area contributed by atoms with Crippen LogP contribution in [0.25, 0.3) is 0 Å². The molecule has 0 bridgehead atoms. The maximum Gasteiger partial charge on any atom is 0.242 e. The Labute approximate surface area is 128 Å². The second-order valence-corrected chi connectivity index (χ2v) is 5.08. The first kappa shape index (κ1) is 17.7. The minimum Gasteiger partial charge on any atom is -0.353 e. The highest BCUT2D eigenvalue weighted by atomic mass is 16.2. The molecule has 0 heterocycles. The van der Waals surface area contributed by atoms with Crippen LogP contribution in [0, 0.1) is 0 Å². The molecule has 1 aromatic carbocycles. The smallest absolute Gasteiger partial charge is 0.242 e. The number of benzene rings is 1.